The highest BCUT2D eigenvalue weighted by Crippen LogP contribution is 2.12. The Kier molecular flexibility index (Phi) is 9.70. The highest BCUT2D eigenvalue weighted by atomic mass is 127. The van der Waals surface area contributed by atoms with Crippen LogP contribution in [0.15, 0.2) is 35.5 Å². The molecular formula is C17H25IN4OS. The lowest BCUT2D eigenvalue weighted by atomic mass is 10.2. The molecule has 0 spiro atoms. The number of aliphatic imine (C=N–C) groups is 1. The minimum absolute atomic E-state index is 0. The first-order chi connectivity index (χ1) is 11.2. The van der Waals surface area contributed by atoms with Crippen molar-refractivity contribution in [3.8, 4) is 5.75 Å². The van der Waals surface area contributed by atoms with Crippen LogP contribution >= 0.6 is 35.3 Å². The molecule has 0 aliphatic carbocycles. The van der Waals surface area contributed by atoms with Gasteiger partial charge in [-0.05, 0) is 31.5 Å². The van der Waals surface area contributed by atoms with E-state index in [1.807, 2.05) is 24.4 Å². The summed E-state index contributed by atoms with van der Waals surface area (Å²) in [7, 11) is 1.77. The standard InChI is InChI=1S/C17H24N4OS.HI/c1-13-5-4-6-15(11-13)22-10-9-20-17(18-3)19-8-7-16-21-12-14(2)23-16;/h4-6,11-12H,7-10H2,1-3H3,(H2,18,19,20);1H. The van der Waals surface area contributed by atoms with Crippen LogP contribution in [-0.2, 0) is 6.42 Å². The fourth-order valence-corrected chi connectivity index (χ4v) is 2.86. The van der Waals surface area contributed by atoms with Gasteiger partial charge in [0.15, 0.2) is 5.96 Å². The van der Waals surface area contributed by atoms with Crippen molar-refractivity contribution >= 4 is 41.3 Å². The molecule has 1 heterocycles. The average Bonchev–Trinajstić information content (AvgIpc) is 2.95. The number of nitrogens with zero attached hydrogens (tertiary/aromatic N) is 2. The minimum Gasteiger partial charge on any atom is -0.492 e. The molecule has 0 unspecified atom stereocenters. The van der Waals surface area contributed by atoms with Crippen LogP contribution in [0.25, 0.3) is 0 Å². The van der Waals surface area contributed by atoms with Gasteiger partial charge in [-0.15, -0.1) is 35.3 Å². The Morgan fingerprint density at radius 2 is 2.04 bits per heavy atom. The molecule has 0 fully saturated rings. The lowest BCUT2D eigenvalue weighted by molar-refractivity contribution is 0.321. The number of guanidine groups is 1. The first-order valence-electron chi connectivity index (χ1n) is 7.72. The number of benzene rings is 1. The number of nitrogens with one attached hydrogen (secondary N) is 2. The molecule has 2 rings (SSSR count). The summed E-state index contributed by atoms with van der Waals surface area (Å²) in [6, 6.07) is 8.05. The van der Waals surface area contributed by atoms with E-state index in [0.29, 0.717) is 13.2 Å². The predicted molar refractivity (Wildman–Crippen MR) is 112 cm³/mol. The summed E-state index contributed by atoms with van der Waals surface area (Å²) in [5.74, 6) is 1.68. The maximum absolute atomic E-state index is 5.70. The zero-order valence-corrected chi connectivity index (χ0v) is 17.5. The average molecular weight is 460 g/mol. The van der Waals surface area contributed by atoms with Gasteiger partial charge in [-0.1, -0.05) is 12.1 Å². The number of hydrogen-bond donors (Lipinski definition) is 2. The maximum atomic E-state index is 5.70. The molecule has 132 valence electrons. The zero-order valence-electron chi connectivity index (χ0n) is 14.3. The van der Waals surface area contributed by atoms with Crippen LogP contribution in [0.2, 0.25) is 0 Å². The minimum atomic E-state index is 0. The number of hydrogen-bond acceptors (Lipinski definition) is 4. The molecule has 2 N–H and O–H groups in total. The lowest BCUT2D eigenvalue weighted by Gasteiger charge is -2.12. The highest BCUT2D eigenvalue weighted by molar-refractivity contribution is 14.0. The highest BCUT2D eigenvalue weighted by Gasteiger charge is 2.01. The SMILES string of the molecule is CN=C(NCCOc1cccc(C)c1)NCCc1ncc(C)s1.I. The van der Waals surface area contributed by atoms with Gasteiger partial charge in [0.1, 0.15) is 12.4 Å². The van der Waals surface area contributed by atoms with Crippen molar-refractivity contribution in [1.29, 1.82) is 0 Å². The van der Waals surface area contributed by atoms with E-state index in [-0.39, 0.29) is 24.0 Å². The van der Waals surface area contributed by atoms with Gasteiger partial charge in [0.2, 0.25) is 0 Å². The molecule has 24 heavy (non-hydrogen) atoms. The molecular weight excluding hydrogens is 435 g/mol. The topological polar surface area (TPSA) is 58.5 Å². The Labute approximate surface area is 165 Å². The number of thiazole rings is 1. The Hall–Kier alpha value is -1.35. The first kappa shape index (κ1) is 20.7. The van der Waals surface area contributed by atoms with Crippen LogP contribution in [0.3, 0.4) is 0 Å². The number of aromatic nitrogens is 1. The van der Waals surface area contributed by atoms with Crippen LogP contribution in [0.1, 0.15) is 15.4 Å². The molecule has 1 aromatic carbocycles. The van der Waals surface area contributed by atoms with Crippen LogP contribution in [0.5, 0.6) is 5.75 Å². The summed E-state index contributed by atoms with van der Waals surface area (Å²) in [4.78, 5) is 9.80. The van der Waals surface area contributed by atoms with Crippen molar-refractivity contribution in [3.05, 3.63) is 45.9 Å². The summed E-state index contributed by atoms with van der Waals surface area (Å²) >= 11 is 1.74. The van der Waals surface area contributed by atoms with Gasteiger partial charge in [0, 0.05) is 31.1 Å². The van der Waals surface area contributed by atoms with Gasteiger partial charge in [0.05, 0.1) is 11.6 Å². The van der Waals surface area contributed by atoms with Gasteiger partial charge in [-0.2, -0.15) is 0 Å². The third-order valence-electron chi connectivity index (χ3n) is 3.18. The predicted octanol–water partition coefficient (Wildman–Crippen LogP) is 3.16. The normalized spacial score (nSPS) is 10.9. The number of halogens is 1. The third-order valence-corrected chi connectivity index (χ3v) is 4.15. The van der Waals surface area contributed by atoms with Crippen LogP contribution in [0, 0.1) is 13.8 Å². The lowest BCUT2D eigenvalue weighted by Crippen LogP contribution is -2.40. The van der Waals surface area contributed by atoms with Crippen molar-refractivity contribution in [2.45, 2.75) is 20.3 Å². The summed E-state index contributed by atoms with van der Waals surface area (Å²) in [5, 5.41) is 7.67. The van der Waals surface area contributed by atoms with E-state index < -0.39 is 0 Å². The van der Waals surface area contributed by atoms with Gasteiger partial charge in [-0.25, -0.2) is 4.98 Å². The van der Waals surface area contributed by atoms with E-state index in [1.165, 1.54) is 10.4 Å². The van der Waals surface area contributed by atoms with Crippen LogP contribution < -0.4 is 15.4 Å². The fourth-order valence-electron chi connectivity index (χ4n) is 2.07. The van der Waals surface area contributed by atoms with Crippen molar-refractivity contribution in [2.75, 3.05) is 26.7 Å². The Morgan fingerprint density at radius 3 is 2.71 bits per heavy atom. The van der Waals surface area contributed by atoms with E-state index in [0.717, 1.165) is 29.7 Å². The molecule has 0 aliphatic rings. The van der Waals surface area contributed by atoms with E-state index in [1.54, 1.807) is 18.4 Å². The zero-order chi connectivity index (χ0) is 16.5. The Balaban J connectivity index is 0.00000288. The summed E-state index contributed by atoms with van der Waals surface area (Å²) in [6.45, 7) is 6.23. The molecule has 7 heteroatoms. The molecule has 0 amide bonds. The summed E-state index contributed by atoms with van der Waals surface area (Å²) in [6.07, 6.45) is 2.81. The van der Waals surface area contributed by atoms with Crippen molar-refractivity contribution in [1.82, 2.24) is 15.6 Å². The molecule has 2 aromatic rings. The van der Waals surface area contributed by atoms with E-state index in [2.05, 4.69) is 40.5 Å². The number of aryl methyl sites for hydroxylation is 2. The second-order valence-electron chi connectivity index (χ2n) is 5.21. The molecule has 0 bridgehead atoms. The molecule has 0 radical (unpaired) electrons. The van der Waals surface area contributed by atoms with Crippen LogP contribution in [-0.4, -0.2) is 37.7 Å². The number of ether oxygens (including phenoxy) is 1. The van der Waals surface area contributed by atoms with Gasteiger partial charge in [-0.3, -0.25) is 4.99 Å². The second-order valence-corrected chi connectivity index (χ2v) is 6.52. The number of rotatable bonds is 7. The van der Waals surface area contributed by atoms with Gasteiger partial charge >= 0.3 is 0 Å². The van der Waals surface area contributed by atoms with E-state index in [4.69, 9.17) is 4.74 Å². The second kappa shape index (κ2) is 11.2. The first-order valence-corrected chi connectivity index (χ1v) is 8.54. The van der Waals surface area contributed by atoms with E-state index in [9.17, 15) is 0 Å². The largest absolute Gasteiger partial charge is 0.492 e. The molecule has 0 saturated heterocycles. The maximum Gasteiger partial charge on any atom is 0.191 e. The quantitative estimate of drug-likeness (QED) is 0.289. The summed E-state index contributed by atoms with van der Waals surface area (Å²) in [5.41, 5.74) is 1.20. The van der Waals surface area contributed by atoms with Crippen molar-refractivity contribution < 1.29 is 4.74 Å². The third kappa shape index (κ3) is 7.48. The fraction of sp³-hybridized carbons (Fsp3) is 0.412. The molecule has 0 atom stereocenters. The molecule has 5 nitrogen and oxygen atoms in total. The van der Waals surface area contributed by atoms with Gasteiger partial charge < -0.3 is 15.4 Å². The Bertz CT molecular complexity index is 645. The van der Waals surface area contributed by atoms with Crippen LogP contribution in [0.4, 0.5) is 0 Å². The smallest absolute Gasteiger partial charge is 0.191 e. The molecule has 0 saturated carbocycles. The molecule has 0 aliphatic heterocycles. The van der Waals surface area contributed by atoms with Gasteiger partial charge in [0.25, 0.3) is 0 Å². The Morgan fingerprint density at radius 1 is 1.25 bits per heavy atom. The molecule has 1 aromatic heterocycles. The van der Waals surface area contributed by atoms with Crippen molar-refractivity contribution in [2.24, 2.45) is 4.99 Å². The van der Waals surface area contributed by atoms with Crippen molar-refractivity contribution in [3.63, 3.8) is 0 Å². The summed E-state index contributed by atoms with van der Waals surface area (Å²) < 4.78 is 5.70. The van der Waals surface area contributed by atoms with E-state index >= 15 is 0 Å². The monoisotopic (exact) mass is 460 g/mol.